The first kappa shape index (κ1) is 15.1. The number of H-pyrrole nitrogens is 1. The maximum Gasteiger partial charge on any atom is 0.158 e. The second-order valence-corrected chi connectivity index (χ2v) is 6.22. The van der Waals surface area contributed by atoms with Crippen molar-refractivity contribution in [2.24, 2.45) is 5.73 Å². The van der Waals surface area contributed by atoms with Crippen LogP contribution in [-0.2, 0) is 6.54 Å². The molecule has 6 heteroatoms. The van der Waals surface area contributed by atoms with Gasteiger partial charge in [0.2, 0.25) is 0 Å². The molecule has 1 aliphatic rings. The Bertz CT molecular complexity index is 851. The van der Waals surface area contributed by atoms with E-state index >= 15 is 0 Å². The molecule has 6 nitrogen and oxygen atoms in total. The molecule has 124 valence electrons. The van der Waals surface area contributed by atoms with Gasteiger partial charge in [-0.15, -0.1) is 0 Å². The van der Waals surface area contributed by atoms with E-state index in [1.54, 1.807) is 0 Å². The fourth-order valence-electron chi connectivity index (χ4n) is 3.19. The fourth-order valence-corrected chi connectivity index (χ4v) is 3.19. The van der Waals surface area contributed by atoms with E-state index in [0.29, 0.717) is 6.54 Å². The van der Waals surface area contributed by atoms with Crippen molar-refractivity contribution in [1.82, 2.24) is 15.0 Å². The fraction of sp³-hybridized carbons (Fsp3) is 0.333. The average Bonchev–Trinajstić information content (AvgIpc) is 3.05. The van der Waals surface area contributed by atoms with Gasteiger partial charge in [-0.3, -0.25) is 0 Å². The summed E-state index contributed by atoms with van der Waals surface area (Å²) in [5, 5.41) is 9.67. The van der Waals surface area contributed by atoms with Gasteiger partial charge in [0.25, 0.3) is 0 Å². The van der Waals surface area contributed by atoms with E-state index < -0.39 is 0 Å². The minimum atomic E-state index is -0.161. The molecule has 0 atom stereocenters. The monoisotopic (exact) mass is 323 g/mol. The molecule has 0 radical (unpaired) electrons. The summed E-state index contributed by atoms with van der Waals surface area (Å²) >= 11 is 0. The van der Waals surface area contributed by atoms with E-state index in [2.05, 4.69) is 44.1 Å². The second-order valence-electron chi connectivity index (χ2n) is 6.22. The Morgan fingerprint density at radius 2 is 2.00 bits per heavy atom. The van der Waals surface area contributed by atoms with Crippen molar-refractivity contribution < 1.29 is 5.11 Å². The highest BCUT2D eigenvalue weighted by Gasteiger charge is 2.17. The van der Waals surface area contributed by atoms with Gasteiger partial charge in [-0.1, -0.05) is 12.1 Å². The highest BCUT2D eigenvalue weighted by Crippen LogP contribution is 2.26. The number of pyridine rings is 1. The quantitative estimate of drug-likeness (QED) is 0.686. The van der Waals surface area contributed by atoms with E-state index in [1.807, 2.05) is 12.1 Å². The number of nitrogens with two attached hydrogens (primary N) is 1. The lowest BCUT2D eigenvalue weighted by Gasteiger charge is -2.31. The molecule has 0 amide bonds. The molecule has 4 rings (SSSR count). The number of benzene rings is 1. The van der Waals surface area contributed by atoms with Crippen LogP contribution in [-0.4, -0.2) is 39.3 Å². The molecule has 1 saturated heterocycles. The van der Waals surface area contributed by atoms with Crippen LogP contribution in [0.4, 0.5) is 5.69 Å². The van der Waals surface area contributed by atoms with Crippen LogP contribution in [0.3, 0.4) is 0 Å². The average molecular weight is 323 g/mol. The lowest BCUT2D eigenvalue weighted by Crippen LogP contribution is -2.35. The van der Waals surface area contributed by atoms with Gasteiger partial charge in [-0.2, -0.15) is 0 Å². The van der Waals surface area contributed by atoms with Crippen molar-refractivity contribution in [2.45, 2.75) is 25.5 Å². The largest absolute Gasteiger partial charge is 0.393 e. The van der Waals surface area contributed by atoms with Gasteiger partial charge in [-0.25, -0.2) is 9.97 Å². The summed E-state index contributed by atoms with van der Waals surface area (Å²) in [4.78, 5) is 14.5. The number of rotatable bonds is 3. The molecule has 0 aliphatic carbocycles. The number of aromatic amines is 1. The van der Waals surface area contributed by atoms with Crippen LogP contribution < -0.4 is 10.6 Å². The van der Waals surface area contributed by atoms with Crippen molar-refractivity contribution >= 4 is 16.9 Å². The van der Waals surface area contributed by atoms with E-state index in [9.17, 15) is 5.11 Å². The van der Waals surface area contributed by atoms with Crippen LogP contribution in [0.2, 0.25) is 0 Å². The Kier molecular flexibility index (Phi) is 3.92. The minimum Gasteiger partial charge on any atom is -0.393 e. The molecule has 4 N–H and O–H groups in total. The first-order chi connectivity index (χ1) is 11.7. The maximum absolute atomic E-state index is 9.67. The van der Waals surface area contributed by atoms with Crippen molar-refractivity contribution in [2.75, 3.05) is 18.0 Å². The molecule has 1 aliphatic heterocycles. The molecule has 0 saturated carbocycles. The highest BCUT2D eigenvalue weighted by atomic mass is 16.3. The number of aromatic nitrogens is 3. The van der Waals surface area contributed by atoms with Crippen LogP contribution in [0.25, 0.3) is 22.4 Å². The van der Waals surface area contributed by atoms with Crippen LogP contribution in [0.5, 0.6) is 0 Å². The predicted octanol–water partition coefficient (Wildman–Crippen LogP) is 2.04. The lowest BCUT2D eigenvalue weighted by molar-refractivity contribution is 0.145. The summed E-state index contributed by atoms with van der Waals surface area (Å²) in [7, 11) is 0. The molecule has 1 fully saturated rings. The van der Waals surface area contributed by atoms with Gasteiger partial charge < -0.3 is 20.7 Å². The zero-order valence-corrected chi connectivity index (χ0v) is 13.4. The number of hydrogen-bond donors (Lipinski definition) is 3. The summed E-state index contributed by atoms with van der Waals surface area (Å²) in [5.74, 6) is 0.746. The number of imidazole rings is 1. The topological polar surface area (TPSA) is 91.1 Å². The number of nitrogens with one attached hydrogen (secondary N) is 1. The van der Waals surface area contributed by atoms with Crippen LogP contribution >= 0.6 is 0 Å². The Balaban J connectivity index is 1.65. The SMILES string of the molecule is NCc1nc2ccc(-c3cccc(N4CCC(O)CC4)c3)nc2[nH]1. The molecule has 0 bridgehead atoms. The molecule has 3 aromatic rings. The third-order valence-electron chi connectivity index (χ3n) is 4.56. The minimum absolute atomic E-state index is 0.161. The van der Waals surface area contributed by atoms with E-state index in [1.165, 1.54) is 5.69 Å². The summed E-state index contributed by atoms with van der Waals surface area (Å²) in [6.07, 6.45) is 1.49. The zero-order chi connectivity index (χ0) is 16.5. The van der Waals surface area contributed by atoms with E-state index in [0.717, 1.165) is 54.2 Å². The molecule has 0 unspecified atom stereocenters. The van der Waals surface area contributed by atoms with E-state index in [4.69, 9.17) is 5.73 Å². The Morgan fingerprint density at radius 1 is 1.17 bits per heavy atom. The van der Waals surface area contributed by atoms with Crippen molar-refractivity contribution in [3.8, 4) is 11.3 Å². The predicted molar refractivity (Wildman–Crippen MR) is 94.7 cm³/mol. The van der Waals surface area contributed by atoms with Gasteiger partial charge in [0, 0.05) is 24.3 Å². The van der Waals surface area contributed by atoms with Crippen LogP contribution in [0, 0.1) is 0 Å². The van der Waals surface area contributed by atoms with Crippen molar-refractivity contribution in [1.29, 1.82) is 0 Å². The number of aliphatic hydroxyl groups is 1. The lowest BCUT2D eigenvalue weighted by atomic mass is 10.1. The van der Waals surface area contributed by atoms with Gasteiger partial charge in [0.05, 0.1) is 18.3 Å². The normalized spacial score (nSPS) is 16.0. The molecule has 24 heavy (non-hydrogen) atoms. The zero-order valence-electron chi connectivity index (χ0n) is 13.4. The highest BCUT2D eigenvalue weighted by molar-refractivity contribution is 5.76. The van der Waals surface area contributed by atoms with Gasteiger partial charge in [-0.05, 0) is 37.1 Å². The number of anilines is 1. The first-order valence-corrected chi connectivity index (χ1v) is 8.32. The molecule has 3 heterocycles. The number of aliphatic hydroxyl groups excluding tert-OH is 1. The van der Waals surface area contributed by atoms with Crippen LogP contribution in [0.15, 0.2) is 36.4 Å². The smallest absolute Gasteiger partial charge is 0.158 e. The maximum atomic E-state index is 9.67. The second kappa shape index (κ2) is 6.22. The third-order valence-corrected chi connectivity index (χ3v) is 4.56. The molecular formula is C18H21N5O. The number of hydrogen-bond acceptors (Lipinski definition) is 5. The Labute approximate surface area is 140 Å². The van der Waals surface area contributed by atoms with Gasteiger partial charge in [0.1, 0.15) is 11.3 Å². The van der Waals surface area contributed by atoms with Gasteiger partial charge >= 0.3 is 0 Å². The number of piperidine rings is 1. The number of fused-ring (bicyclic) bond motifs is 1. The van der Waals surface area contributed by atoms with Gasteiger partial charge in [0.15, 0.2) is 5.65 Å². The Morgan fingerprint density at radius 3 is 2.79 bits per heavy atom. The molecular weight excluding hydrogens is 302 g/mol. The molecule has 2 aromatic heterocycles. The van der Waals surface area contributed by atoms with Crippen molar-refractivity contribution in [3.63, 3.8) is 0 Å². The molecule has 0 spiro atoms. The standard InChI is InChI=1S/C18H21N5O/c19-11-17-20-16-5-4-15(21-18(16)22-17)12-2-1-3-13(10-12)23-8-6-14(24)7-9-23/h1-5,10,14,24H,6-9,11,19H2,(H,20,21,22). The third kappa shape index (κ3) is 2.86. The summed E-state index contributed by atoms with van der Waals surface area (Å²) in [6.45, 7) is 2.15. The molecule has 1 aromatic carbocycles. The Hall–Kier alpha value is -2.44. The summed E-state index contributed by atoms with van der Waals surface area (Å²) in [6, 6.07) is 12.4. The number of nitrogens with zero attached hydrogens (tertiary/aromatic N) is 3. The summed E-state index contributed by atoms with van der Waals surface area (Å²) in [5.41, 5.74) is 10.4. The van der Waals surface area contributed by atoms with E-state index in [-0.39, 0.29) is 6.10 Å². The summed E-state index contributed by atoms with van der Waals surface area (Å²) < 4.78 is 0. The first-order valence-electron chi connectivity index (χ1n) is 8.32. The van der Waals surface area contributed by atoms with Crippen molar-refractivity contribution in [3.05, 3.63) is 42.2 Å². The van der Waals surface area contributed by atoms with Crippen LogP contribution in [0.1, 0.15) is 18.7 Å².